The number of hydrogen-bond donors (Lipinski definition) is 1. The fourth-order valence-corrected chi connectivity index (χ4v) is 2.19. The third-order valence-corrected chi connectivity index (χ3v) is 3.49. The Morgan fingerprint density at radius 3 is 2.64 bits per heavy atom. The number of guanidine groups is 1. The van der Waals surface area contributed by atoms with Crippen molar-refractivity contribution in [3.05, 3.63) is 59.8 Å². The molecular formula is C19H26N4O2. The van der Waals surface area contributed by atoms with Crippen LogP contribution in [0.5, 0.6) is 5.88 Å². The summed E-state index contributed by atoms with van der Waals surface area (Å²) >= 11 is 0. The van der Waals surface area contributed by atoms with Crippen molar-refractivity contribution in [2.45, 2.75) is 13.1 Å². The van der Waals surface area contributed by atoms with Gasteiger partial charge >= 0.3 is 0 Å². The van der Waals surface area contributed by atoms with Crippen LogP contribution in [0.25, 0.3) is 0 Å². The van der Waals surface area contributed by atoms with Gasteiger partial charge in [-0.05, 0) is 11.6 Å². The first-order valence-electron chi connectivity index (χ1n) is 8.26. The fraction of sp³-hybridized carbons (Fsp3) is 0.368. The number of nitrogens with zero attached hydrogens (tertiary/aromatic N) is 3. The molecule has 0 amide bonds. The topological polar surface area (TPSA) is 59.0 Å². The molecule has 6 nitrogen and oxygen atoms in total. The second kappa shape index (κ2) is 10.3. The van der Waals surface area contributed by atoms with Crippen molar-refractivity contribution < 1.29 is 9.47 Å². The molecule has 2 aromatic rings. The second-order valence-corrected chi connectivity index (χ2v) is 5.68. The molecule has 0 bridgehead atoms. The highest BCUT2D eigenvalue weighted by Crippen LogP contribution is 2.14. The van der Waals surface area contributed by atoms with Gasteiger partial charge < -0.3 is 19.7 Å². The van der Waals surface area contributed by atoms with Gasteiger partial charge in [0.15, 0.2) is 5.96 Å². The van der Waals surface area contributed by atoms with Crippen molar-refractivity contribution in [3.63, 3.8) is 0 Å². The molecule has 0 fully saturated rings. The highest BCUT2D eigenvalue weighted by Gasteiger charge is 2.07. The fourth-order valence-electron chi connectivity index (χ4n) is 2.19. The normalized spacial score (nSPS) is 11.2. The molecule has 0 saturated heterocycles. The summed E-state index contributed by atoms with van der Waals surface area (Å²) < 4.78 is 10.7. The molecule has 0 aliphatic rings. The van der Waals surface area contributed by atoms with Gasteiger partial charge in [0, 0.05) is 39.5 Å². The Morgan fingerprint density at radius 2 is 1.92 bits per heavy atom. The zero-order valence-corrected chi connectivity index (χ0v) is 15.1. The van der Waals surface area contributed by atoms with Crippen molar-refractivity contribution in [1.29, 1.82) is 0 Å². The van der Waals surface area contributed by atoms with Gasteiger partial charge in [-0.1, -0.05) is 36.4 Å². The summed E-state index contributed by atoms with van der Waals surface area (Å²) in [5.41, 5.74) is 2.15. The molecular weight excluding hydrogens is 316 g/mol. The van der Waals surface area contributed by atoms with Crippen molar-refractivity contribution >= 4 is 5.96 Å². The van der Waals surface area contributed by atoms with E-state index in [-0.39, 0.29) is 0 Å². The minimum absolute atomic E-state index is 0.475. The Balaban J connectivity index is 1.99. The molecule has 0 aliphatic heterocycles. The van der Waals surface area contributed by atoms with Crippen LogP contribution in [0.2, 0.25) is 0 Å². The van der Waals surface area contributed by atoms with Gasteiger partial charge in [-0.2, -0.15) is 0 Å². The molecule has 1 aromatic heterocycles. The second-order valence-electron chi connectivity index (χ2n) is 5.68. The van der Waals surface area contributed by atoms with Gasteiger partial charge in [0.2, 0.25) is 5.88 Å². The van der Waals surface area contributed by atoms with E-state index in [4.69, 9.17) is 9.47 Å². The number of rotatable bonds is 8. The number of ether oxygens (including phenoxy) is 2. The Hall–Kier alpha value is -2.60. The van der Waals surface area contributed by atoms with Crippen LogP contribution < -0.4 is 10.1 Å². The summed E-state index contributed by atoms with van der Waals surface area (Å²) in [5, 5.41) is 3.36. The maximum absolute atomic E-state index is 5.67. The molecule has 0 saturated carbocycles. The summed E-state index contributed by atoms with van der Waals surface area (Å²) in [6.45, 7) is 2.22. The van der Waals surface area contributed by atoms with Crippen LogP contribution in [0.15, 0.2) is 53.7 Å². The van der Waals surface area contributed by atoms with Crippen LogP contribution in [0.3, 0.4) is 0 Å². The average molecular weight is 342 g/mol. The third-order valence-electron chi connectivity index (χ3n) is 3.49. The molecule has 0 unspecified atom stereocenters. The monoisotopic (exact) mass is 342 g/mol. The van der Waals surface area contributed by atoms with E-state index in [1.54, 1.807) is 13.3 Å². The number of aromatic nitrogens is 1. The van der Waals surface area contributed by atoms with Gasteiger partial charge in [0.05, 0.1) is 13.2 Å². The van der Waals surface area contributed by atoms with Crippen LogP contribution in [-0.2, 0) is 17.8 Å². The first kappa shape index (κ1) is 18.7. The number of hydrogen-bond acceptors (Lipinski definition) is 4. The minimum Gasteiger partial charge on any atom is -0.475 e. The number of aliphatic imine (C=N–C) groups is 1. The van der Waals surface area contributed by atoms with Crippen LogP contribution in [0.4, 0.5) is 0 Å². The third kappa shape index (κ3) is 6.43. The summed E-state index contributed by atoms with van der Waals surface area (Å²) in [6.07, 6.45) is 1.72. The molecule has 6 heteroatoms. The van der Waals surface area contributed by atoms with E-state index in [0.717, 1.165) is 11.5 Å². The molecule has 2 rings (SSSR count). The summed E-state index contributed by atoms with van der Waals surface area (Å²) in [7, 11) is 5.59. The van der Waals surface area contributed by atoms with E-state index in [1.807, 2.05) is 49.3 Å². The number of methoxy groups -OCH3 is 1. The van der Waals surface area contributed by atoms with E-state index in [2.05, 4.69) is 27.4 Å². The predicted octanol–water partition coefficient (Wildman–Crippen LogP) is 2.31. The van der Waals surface area contributed by atoms with E-state index >= 15 is 0 Å². The number of pyridine rings is 1. The lowest BCUT2D eigenvalue weighted by molar-refractivity contribution is 0.143. The SMILES string of the molecule is COCCOc1ncccc1CNC(=NCc1ccccc1)N(C)C. The van der Waals surface area contributed by atoms with Crippen molar-refractivity contribution in [1.82, 2.24) is 15.2 Å². The van der Waals surface area contributed by atoms with Gasteiger partial charge in [0.25, 0.3) is 0 Å². The highest BCUT2D eigenvalue weighted by molar-refractivity contribution is 5.79. The van der Waals surface area contributed by atoms with E-state index in [0.29, 0.717) is 32.2 Å². The molecule has 134 valence electrons. The highest BCUT2D eigenvalue weighted by atomic mass is 16.5. The standard InChI is InChI=1S/C19H26N4O2/c1-23(2)19(21-14-16-8-5-4-6-9-16)22-15-17-10-7-11-20-18(17)25-13-12-24-3/h4-11H,12-15H2,1-3H3,(H,21,22). The van der Waals surface area contributed by atoms with Gasteiger partial charge in [-0.25, -0.2) is 9.98 Å². The molecule has 1 N–H and O–H groups in total. The molecule has 0 atom stereocenters. The Bertz CT molecular complexity index is 659. The van der Waals surface area contributed by atoms with Crippen LogP contribution in [0, 0.1) is 0 Å². The van der Waals surface area contributed by atoms with E-state index in [1.165, 1.54) is 5.56 Å². The lowest BCUT2D eigenvalue weighted by Gasteiger charge is -2.18. The first-order chi connectivity index (χ1) is 12.2. The largest absolute Gasteiger partial charge is 0.475 e. The summed E-state index contributed by atoms with van der Waals surface area (Å²) in [6, 6.07) is 14.1. The molecule has 0 spiro atoms. The Kier molecular flexibility index (Phi) is 7.72. The molecule has 25 heavy (non-hydrogen) atoms. The van der Waals surface area contributed by atoms with Crippen molar-refractivity contribution in [3.8, 4) is 5.88 Å². The van der Waals surface area contributed by atoms with Gasteiger partial charge in [-0.15, -0.1) is 0 Å². The van der Waals surface area contributed by atoms with Crippen molar-refractivity contribution in [2.24, 2.45) is 4.99 Å². The molecule has 0 aliphatic carbocycles. The molecule has 0 radical (unpaired) electrons. The summed E-state index contributed by atoms with van der Waals surface area (Å²) in [4.78, 5) is 10.9. The van der Waals surface area contributed by atoms with Crippen molar-refractivity contribution in [2.75, 3.05) is 34.4 Å². The van der Waals surface area contributed by atoms with Gasteiger partial charge in [-0.3, -0.25) is 0 Å². The lowest BCUT2D eigenvalue weighted by Crippen LogP contribution is -2.36. The summed E-state index contributed by atoms with van der Waals surface area (Å²) in [5.74, 6) is 1.43. The van der Waals surface area contributed by atoms with Crippen LogP contribution >= 0.6 is 0 Å². The Morgan fingerprint density at radius 1 is 1.12 bits per heavy atom. The average Bonchev–Trinajstić information content (AvgIpc) is 2.63. The van der Waals surface area contributed by atoms with E-state index in [9.17, 15) is 0 Å². The number of benzene rings is 1. The van der Waals surface area contributed by atoms with Crippen LogP contribution in [0.1, 0.15) is 11.1 Å². The van der Waals surface area contributed by atoms with Gasteiger partial charge in [0.1, 0.15) is 6.61 Å². The lowest BCUT2D eigenvalue weighted by atomic mass is 10.2. The molecule has 1 heterocycles. The maximum atomic E-state index is 5.67. The number of nitrogens with one attached hydrogen (secondary N) is 1. The smallest absolute Gasteiger partial charge is 0.218 e. The minimum atomic E-state index is 0.475. The first-order valence-corrected chi connectivity index (χ1v) is 8.26. The zero-order chi connectivity index (χ0) is 17.9. The zero-order valence-electron chi connectivity index (χ0n) is 15.1. The molecule has 1 aromatic carbocycles. The Labute approximate surface area is 149 Å². The predicted molar refractivity (Wildman–Crippen MR) is 99.7 cm³/mol. The van der Waals surface area contributed by atoms with Crippen LogP contribution in [-0.4, -0.2) is 50.3 Å². The van der Waals surface area contributed by atoms with E-state index < -0.39 is 0 Å². The quantitative estimate of drug-likeness (QED) is 0.453. The maximum Gasteiger partial charge on any atom is 0.218 e.